The number of hydrogen-bond donors (Lipinski definition) is 3. The highest BCUT2D eigenvalue weighted by atomic mass is 16.5. The summed E-state index contributed by atoms with van der Waals surface area (Å²) in [4.78, 5) is 36.2. The second kappa shape index (κ2) is 9.87. The maximum Gasteiger partial charge on any atom is 0.407 e. The lowest BCUT2D eigenvalue weighted by atomic mass is 9.95. The van der Waals surface area contributed by atoms with E-state index < -0.39 is 17.6 Å². The second-order valence-electron chi connectivity index (χ2n) is 9.68. The average molecular weight is 465 g/mol. The average Bonchev–Trinajstić information content (AvgIpc) is 3.64. The van der Waals surface area contributed by atoms with Crippen molar-refractivity contribution in [3.05, 3.63) is 59.7 Å². The molecule has 4 rings (SSSR count). The highest BCUT2D eigenvalue weighted by Gasteiger charge is 2.48. The van der Waals surface area contributed by atoms with Crippen LogP contribution in [0.1, 0.15) is 56.6 Å². The molecule has 3 N–H and O–H groups in total. The Labute approximate surface area is 199 Å². The summed E-state index contributed by atoms with van der Waals surface area (Å²) in [6.07, 6.45) is 1.91. The van der Waals surface area contributed by atoms with Gasteiger partial charge in [-0.2, -0.15) is 0 Å². The van der Waals surface area contributed by atoms with Crippen molar-refractivity contribution in [2.24, 2.45) is 11.8 Å². The Bertz CT molecular complexity index is 1030. The van der Waals surface area contributed by atoms with Crippen LogP contribution in [-0.4, -0.2) is 41.8 Å². The number of amides is 2. The van der Waals surface area contributed by atoms with Gasteiger partial charge < -0.3 is 20.5 Å². The molecular formula is C27H32N2O5. The van der Waals surface area contributed by atoms with Crippen LogP contribution in [0.5, 0.6) is 0 Å². The van der Waals surface area contributed by atoms with E-state index in [0.717, 1.165) is 24.0 Å². The minimum atomic E-state index is -1.19. The molecule has 180 valence electrons. The Kier molecular flexibility index (Phi) is 6.91. The standard InChI is InChI=1S/C27H32N2O5/c1-17(11-14-24(30)29-27(2,25(31)32)18-12-13-18)15-28-26(33)34-16-23-21-9-5-3-7-19(21)20-8-4-6-10-22(20)23/h3-10,17-18,23H,11-16H2,1-2H3,(H,28,33)(H,29,30)(H,31,32). The largest absolute Gasteiger partial charge is 0.480 e. The molecule has 0 saturated heterocycles. The van der Waals surface area contributed by atoms with E-state index in [1.807, 2.05) is 31.2 Å². The lowest BCUT2D eigenvalue weighted by molar-refractivity contribution is -0.148. The summed E-state index contributed by atoms with van der Waals surface area (Å²) in [5, 5.41) is 15.0. The summed E-state index contributed by atoms with van der Waals surface area (Å²) in [6.45, 7) is 4.15. The highest BCUT2D eigenvalue weighted by Crippen LogP contribution is 2.44. The van der Waals surface area contributed by atoms with Gasteiger partial charge in [-0.1, -0.05) is 55.5 Å². The first kappa shape index (κ1) is 23.8. The molecule has 2 unspecified atom stereocenters. The van der Waals surface area contributed by atoms with Crippen LogP contribution in [0, 0.1) is 11.8 Å². The third-order valence-corrected chi connectivity index (χ3v) is 7.04. The molecule has 0 aliphatic heterocycles. The number of fused-ring (bicyclic) bond motifs is 3. The molecule has 1 saturated carbocycles. The number of alkyl carbamates (subject to hydrolysis) is 1. The predicted octanol–water partition coefficient (Wildman–Crippen LogP) is 4.31. The summed E-state index contributed by atoms with van der Waals surface area (Å²) in [7, 11) is 0. The van der Waals surface area contributed by atoms with E-state index in [1.165, 1.54) is 11.1 Å². The predicted molar refractivity (Wildman–Crippen MR) is 128 cm³/mol. The van der Waals surface area contributed by atoms with Gasteiger partial charge in [0.05, 0.1) is 0 Å². The second-order valence-corrected chi connectivity index (χ2v) is 9.68. The number of ether oxygens (including phenoxy) is 1. The molecule has 2 amide bonds. The minimum absolute atomic E-state index is 0.00149. The number of carboxylic acid groups (broad SMARTS) is 1. The molecule has 0 heterocycles. The van der Waals surface area contributed by atoms with Crippen LogP contribution in [-0.2, 0) is 14.3 Å². The van der Waals surface area contributed by atoms with E-state index in [9.17, 15) is 19.5 Å². The number of nitrogens with one attached hydrogen (secondary N) is 2. The molecule has 34 heavy (non-hydrogen) atoms. The van der Waals surface area contributed by atoms with Crippen molar-refractivity contribution in [3.63, 3.8) is 0 Å². The third-order valence-electron chi connectivity index (χ3n) is 7.04. The van der Waals surface area contributed by atoms with Crippen LogP contribution in [0.2, 0.25) is 0 Å². The molecule has 0 aromatic heterocycles. The first-order chi connectivity index (χ1) is 16.3. The zero-order valence-corrected chi connectivity index (χ0v) is 19.7. The number of carboxylic acids is 1. The number of carbonyl (C=O) groups excluding carboxylic acids is 2. The van der Waals surface area contributed by atoms with Crippen molar-refractivity contribution in [1.29, 1.82) is 0 Å². The zero-order valence-electron chi connectivity index (χ0n) is 19.7. The topological polar surface area (TPSA) is 105 Å². The number of rotatable bonds is 10. The minimum Gasteiger partial charge on any atom is -0.480 e. The fraction of sp³-hybridized carbons (Fsp3) is 0.444. The highest BCUT2D eigenvalue weighted by molar-refractivity contribution is 5.87. The molecule has 2 atom stereocenters. The smallest absolute Gasteiger partial charge is 0.407 e. The van der Waals surface area contributed by atoms with Gasteiger partial charge in [0.15, 0.2) is 0 Å². The van der Waals surface area contributed by atoms with Crippen molar-refractivity contribution in [2.75, 3.05) is 13.2 Å². The van der Waals surface area contributed by atoms with E-state index in [1.54, 1.807) is 6.92 Å². The monoisotopic (exact) mass is 464 g/mol. The summed E-state index contributed by atoms with van der Waals surface area (Å²) in [5.41, 5.74) is 3.49. The Balaban J connectivity index is 1.21. The van der Waals surface area contributed by atoms with Crippen LogP contribution in [0.15, 0.2) is 48.5 Å². The fourth-order valence-corrected chi connectivity index (χ4v) is 4.73. The van der Waals surface area contributed by atoms with E-state index in [4.69, 9.17) is 4.74 Å². The van der Waals surface area contributed by atoms with Crippen molar-refractivity contribution in [2.45, 2.75) is 51.0 Å². The Morgan fingerprint density at radius 1 is 1.06 bits per heavy atom. The van der Waals surface area contributed by atoms with Gasteiger partial charge in [0.1, 0.15) is 12.1 Å². The van der Waals surface area contributed by atoms with E-state index >= 15 is 0 Å². The summed E-state index contributed by atoms with van der Waals surface area (Å²) < 4.78 is 5.55. The van der Waals surface area contributed by atoms with Crippen LogP contribution < -0.4 is 10.6 Å². The Hall–Kier alpha value is -3.35. The first-order valence-electron chi connectivity index (χ1n) is 11.9. The molecule has 7 heteroatoms. The van der Waals surface area contributed by atoms with E-state index in [-0.39, 0.29) is 36.7 Å². The van der Waals surface area contributed by atoms with Gasteiger partial charge in [-0.25, -0.2) is 9.59 Å². The van der Waals surface area contributed by atoms with Gasteiger partial charge in [-0.05, 0) is 60.3 Å². The lowest BCUT2D eigenvalue weighted by Gasteiger charge is -2.26. The Morgan fingerprint density at radius 3 is 2.21 bits per heavy atom. The fourth-order valence-electron chi connectivity index (χ4n) is 4.73. The van der Waals surface area contributed by atoms with Gasteiger partial charge in [0.25, 0.3) is 0 Å². The van der Waals surface area contributed by atoms with Crippen LogP contribution >= 0.6 is 0 Å². The van der Waals surface area contributed by atoms with E-state index in [2.05, 4.69) is 34.9 Å². The number of carbonyl (C=O) groups is 3. The number of hydrogen-bond acceptors (Lipinski definition) is 4. The SMILES string of the molecule is CC(CCC(=O)NC(C)(C(=O)O)C1CC1)CNC(=O)OCC1c2ccccc2-c2ccccc21. The zero-order chi connectivity index (χ0) is 24.3. The molecule has 0 radical (unpaired) electrons. The van der Waals surface area contributed by atoms with Gasteiger partial charge in [-0.15, -0.1) is 0 Å². The molecule has 0 spiro atoms. The van der Waals surface area contributed by atoms with Gasteiger partial charge in [0.2, 0.25) is 5.91 Å². The van der Waals surface area contributed by atoms with Crippen LogP contribution in [0.3, 0.4) is 0 Å². The summed E-state index contributed by atoms with van der Waals surface area (Å²) in [6, 6.07) is 16.4. The molecule has 2 aliphatic carbocycles. The maximum absolute atomic E-state index is 12.3. The van der Waals surface area contributed by atoms with Gasteiger partial charge in [-0.3, -0.25) is 4.79 Å². The van der Waals surface area contributed by atoms with Crippen molar-refractivity contribution >= 4 is 18.0 Å². The van der Waals surface area contributed by atoms with Crippen molar-refractivity contribution < 1.29 is 24.2 Å². The van der Waals surface area contributed by atoms with Crippen molar-refractivity contribution in [3.8, 4) is 11.1 Å². The molecule has 2 aromatic carbocycles. The van der Waals surface area contributed by atoms with Gasteiger partial charge >= 0.3 is 12.1 Å². The number of benzene rings is 2. The summed E-state index contributed by atoms with van der Waals surface area (Å²) in [5.74, 6) is -1.21. The number of aliphatic carboxylic acids is 1. The van der Waals surface area contributed by atoms with Crippen LogP contribution in [0.4, 0.5) is 4.79 Å². The molecule has 1 fully saturated rings. The first-order valence-corrected chi connectivity index (χ1v) is 11.9. The molecule has 2 aromatic rings. The molecule has 7 nitrogen and oxygen atoms in total. The van der Waals surface area contributed by atoms with E-state index in [0.29, 0.717) is 13.0 Å². The quantitative estimate of drug-likeness (QED) is 0.486. The normalized spacial score (nSPS) is 17.1. The molecule has 0 bridgehead atoms. The van der Waals surface area contributed by atoms with Crippen molar-refractivity contribution in [1.82, 2.24) is 10.6 Å². The summed E-state index contributed by atoms with van der Waals surface area (Å²) >= 11 is 0. The van der Waals surface area contributed by atoms with Gasteiger partial charge in [0, 0.05) is 18.9 Å². The lowest BCUT2D eigenvalue weighted by Crippen LogP contribution is -2.54. The molecule has 2 aliphatic rings. The molecular weight excluding hydrogens is 432 g/mol. The van der Waals surface area contributed by atoms with Crippen LogP contribution in [0.25, 0.3) is 11.1 Å². The third kappa shape index (κ3) is 5.08. The Morgan fingerprint density at radius 2 is 1.65 bits per heavy atom. The maximum atomic E-state index is 12.3.